The standard InChI is InChI=1S/C15H22N2/c1-2-5-13(6-3-1)9-11-17-12-10-16-14-7-4-8-15(14)17/h1-3,5-6,14-16H,4,7-12H2/t14-,15+/m0/s1. The molecule has 0 amide bonds. The normalized spacial score (nSPS) is 29.2. The molecule has 3 rings (SSSR count). The number of fused-ring (bicyclic) bond motifs is 1. The van der Waals surface area contributed by atoms with E-state index in [1.165, 1.54) is 50.9 Å². The van der Waals surface area contributed by atoms with Crippen molar-refractivity contribution in [1.29, 1.82) is 0 Å². The smallest absolute Gasteiger partial charge is 0.0250 e. The topological polar surface area (TPSA) is 15.3 Å². The van der Waals surface area contributed by atoms with E-state index in [1.54, 1.807) is 0 Å². The van der Waals surface area contributed by atoms with Gasteiger partial charge in [0, 0.05) is 31.7 Å². The number of nitrogens with one attached hydrogen (secondary N) is 1. The van der Waals surface area contributed by atoms with Crippen LogP contribution >= 0.6 is 0 Å². The zero-order valence-corrected chi connectivity index (χ0v) is 10.4. The Bertz CT molecular complexity index is 349. The molecule has 0 aromatic heterocycles. The molecule has 1 saturated carbocycles. The maximum absolute atomic E-state index is 3.67. The van der Waals surface area contributed by atoms with Crippen LogP contribution in [0.15, 0.2) is 30.3 Å². The van der Waals surface area contributed by atoms with Crippen LogP contribution in [-0.2, 0) is 6.42 Å². The largest absolute Gasteiger partial charge is 0.311 e. The van der Waals surface area contributed by atoms with Gasteiger partial charge in [-0.15, -0.1) is 0 Å². The molecular formula is C15H22N2. The molecule has 1 heterocycles. The summed E-state index contributed by atoms with van der Waals surface area (Å²) in [6.07, 6.45) is 5.38. The zero-order valence-electron chi connectivity index (χ0n) is 10.4. The fourth-order valence-corrected chi connectivity index (χ4v) is 3.37. The van der Waals surface area contributed by atoms with Crippen LogP contribution < -0.4 is 5.32 Å². The Balaban J connectivity index is 1.57. The summed E-state index contributed by atoms with van der Waals surface area (Å²) in [5, 5.41) is 3.67. The van der Waals surface area contributed by atoms with Crippen molar-refractivity contribution in [2.75, 3.05) is 19.6 Å². The van der Waals surface area contributed by atoms with Gasteiger partial charge in [0.15, 0.2) is 0 Å². The van der Waals surface area contributed by atoms with Crippen LogP contribution in [0, 0.1) is 0 Å². The monoisotopic (exact) mass is 230 g/mol. The molecule has 2 heteroatoms. The molecule has 1 aromatic rings. The van der Waals surface area contributed by atoms with Gasteiger partial charge in [-0.1, -0.05) is 36.8 Å². The highest BCUT2D eigenvalue weighted by molar-refractivity contribution is 5.15. The van der Waals surface area contributed by atoms with E-state index in [1.807, 2.05) is 0 Å². The third-order valence-electron chi connectivity index (χ3n) is 4.28. The van der Waals surface area contributed by atoms with Gasteiger partial charge >= 0.3 is 0 Å². The second-order valence-corrected chi connectivity index (χ2v) is 5.33. The summed E-state index contributed by atoms with van der Waals surface area (Å²) >= 11 is 0. The van der Waals surface area contributed by atoms with Gasteiger partial charge in [0.25, 0.3) is 0 Å². The van der Waals surface area contributed by atoms with Crippen LogP contribution in [0.3, 0.4) is 0 Å². The van der Waals surface area contributed by atoms with Crippen molar-refractivity contribution in [2.24, 2.45) is 0 Å². The molecule has 0 spiro atoms. The fraction of sp³-hybridized carbons (Fsp3) is 0.600. The molecule has 92 valence electrons. The first kappa shape index (κ1) is 11.2. The van der Waals surface area contributed by atoms with Gasteiger partial charge in [0.05, 0.1) is 0 Å². The van der Waals surface area contributed by atoms with Gasteiger partial charge in [-0.2, -0.15) is 0 Å². The first-order chi connectivity index (χ1) is 8.43. The maximum atomic E-state index is 3.67. The van der Waals surface area contributed by atoms with Crippen LogP contribution in [0.1, 0.15) is 24.8 Å². The minimum atomic E-state index is 0.777. The Hall–Kier alpha value is -0.860. The molecular weight excluding hydrogens is 208 g/mol. The third-order valence-corrected chi connectivity index (χ3v) is 4.28. The summed E-state index contributed by atoms with van der Waals surface area (Å²) < 4.78 is 0. The predicted octanol–water partition coefficient (Wildman–Crippen LogP) is 2.06. The van der Waals surface area contributed by atoms with Crippen molar-refractivity contribution >= 4 is 0 Å². The van der Waals surface area contributed by atoms with E-state index >= 15 is 0 Å². The van der Waals surface area contributed by atoms with E-state index in [-0.39, 0.29) is 0 Å². The van der Waals surface area contributed by atoms with Gasteiger partial charge < -0.3 is 5.32 Å². The van der Waals surface area contributed by atoms with Crippen LogP contribution in [0.2, 0.25) is 0 Å². The van der Waals surface area contributed by atoms with Crippen LogP contribution in [0.25, 0.3) is 0 Å². The van der Waals surface area contributed by atoms with Crippen molar-refractivity contribution in [3.8, 4) is 0 Å². The SMILES string of the molecule is c1ccc(CCN2CCN[C@H]3CCC[C@H]32)cc1. The number of nitrogens with zero attached hydrogens (tertiary/aromatic N) is 1. The zero-order chi connectivity index (χ0) is 11.5. The average molecular weight is 230 g/mol. The minimum absolute atomic E-state index is 0.777. The molecule has 0 radical (unpaired) electrons. The summed E-state index contributed by atoms with van der Waals surface area (Å²) in [6.45, 7) is 3.64. The molecule has 2 atom stereocenters. The molecule has 2 nitrogen and oxygen atoms in total. The number of rotatable bonds is 3. The van der Waals surface area contributed by atoms with Gasteiger partial charge in [0.1, 0.15) is 0 Å². The van der Waals surface area contributed by atoms with E-state index < -0.39 is 0 Å². The molecule has 17 heavy (non-hydrogen) atoms. The third kappa shape index (κ3) is 2.53. The second kappa shape index (κ2) is 5.19. The van der Waals surface area contributed by atoms with E-state index in [9.17, 15) is 0 Å². The van der Waals surface area contributed by atoms with Gasteiger partial charge in [-0.3, -0.25) is 4.90 Å². The number of benzene rings is 1. The quantitative estimate of drug-likeness (QED) is 0.855. The summed E-state index contributed by atoms with van der Waals surface area (Å²) in [7, 11) is 0. The molecule has 1 N–H and O–H groups in total. The molecule has 0 unspecified atom stereocenters. The molecule has 1 saturated heterocycles. The Labute approximate surface area is 104 Å². The van der Waals surface area contributed by atoms with Crippen LogP contribution in [-0.4, -0.2) is 36.6 Å². The predicted molar refractivity (Wildman–Crippen MR) is 71.1 cm³/mol. The number of hydrogen-bond acceptors (Lipinski definition) is 2. The van der Waals surface area contributed by atoms with Crippen molar-refractivity contribution in [3.63, 3.8) is 0 Å². The van der Waals surface area contributed by atoms with E-state index in [0.717, 1.165) is 12.1 Å². The number of hydrogen-bond donors (Lipinski definition) is 1. The van der Waals surface area contributed by atoms with Crippen molar-refractivity contribution in [3.05, 3.63) is 35.9 Å². The lowest BCUT2D eigenvalue weighted by Crippen LogP contribution is -2.55. The highest BCUT2D eigenvalue weighted by atomic mass is 15.2. The Morgan fingerprint density at radius 3 is 2.94 bits per heavy atom. The lowest BCUT2D eigenvalue weighted by Gasteiger charge is -2.38. The van der Waals surface area contributed by atoms with E-state index in [2.05, 4.69) is 40.5 Å². The second-order valence-electron chi connectivity index (χ2n) is 5.33. The summed E-state index contributed by atoms with van der Waals surface area (Å²) in [6, 6.07) is 12.5. The van der Waals surface area contributed by atoms with Crippen molar-refractivity contribution in [1.82, 2.24) is 10.2 Å². The Kier molecular flexibility index (Phi) is 3.44. The Morgan fingerprint density at radius 2 is 2.06 bits per heavy atom. The molecule has 1 aliphatic heterocycles. The molecule has 1 aromatic carbocycles. The highest BCUT2D eigenvalue weighted by Gasteiger charge is 2.34. The highest BCUT2D eigenvalue weighted by Crippen LogP contribution is 2.26. The van der Waals surface area contributed by atoms with Gasteiger partial charge in [0.2, 0.25) is 0 Å². The summed E-state index contributed by atoms with van der Waals surface area (Å²) in [5.41, 5.74) is 1.47. The first-order valence-electron chi connectivity index (χ1n) is 6.95. The summed E-state index contributed by atoms with van der Waals surface area (Å²) in [5.74, 6) is 0. The van der Waals surface area contributed by atoms with Gasteiger partial charge in [-0.05, 0) is 24.8 Å². The lowest BCUT2D eigenvalue weighted by atomic mass is 10.1. The minimum Gasteiger partial charge on any atom is -0.311 e. The van der Waals surface area contributed by atoms with Crippen molar-refractivity contribution < 1.29 is 0 Å². The molecule has 2 aliphatic rings. The lowest BCUT2D eigenvalue weighted by molar-refractivity contribution is 0.138. The summed E-state index contributed by atoms with van der Waals surface area (Å²) in [4.78, 5) is 2.71. The first-order valence-corrected chi connectivity index (χ1v) is 6.95. The van der Waals surface area contributed by atoms with Gasteiger partial charge in [-0.25, -0.2) is 0 Å². The van der Waals surface area contributed by atoms with E-state index in [0.29, 0.717) is 0 Å². The fourth-order valence-electron chi connectivity index (χ4n) is 3.37. The molecule has 1 aliphatic carbocycles. The number of piperazine rings is 1. The van der Waals surface area contributed by atoms with Crippen LogP contribution in [0.4, 0.5) is 0 Å². The average Bonchev–Trinajstić information content (AvgIpc) is 2.86. The molecule has 2 fully saturated rings. The maximum Gasteiger partial charge on any atom is 0.0250 e. The van der Waals surface area contributed by atoms with E-state index in [4.69, 9.17) is 0 Å². The van der Waals surface area contributed by atoms with Crippen LogP contribution in [0.5, 0.6) is 0 Å². The molecule has 0 bridgehead atoms. The van der Waals surface area contributed by atoms with Crippen molar-refractivity contribution in [2.45, 2.75) is 37.8 Å². The Morgan fingerprint density at radius 1 is 1.18 bits per heavy atom.